The second-order valence-corrected chi connectivity index (χ2v) is 7.71. The molecule has 1 saturated heterocycles. The Labute approximate surface area is 126 Å². The first-order valence-electron chi connectivity index (χ1n) is 7.51. The van der Waals surface area contributed by atoms with Crippen LogP contribution in [0.25, 0.3) is 0 Å². The molecule has 0 aromatic heterocycles. The quantitative estimate of drug-likeness (QED) is 0.925. The Morgan fingerprint density at radius 2 is 2.05 bits per heavy atom. The number of benzene rings is 1. The summed E-state index contributed by atoms with van der Waals surface area (Å²) < 4.78 is 32.4. The average molecular weight is 310 g/mol. The van der Waals surface area contributed by atoms with E-state index in [-0.39, 0.29) is 6.04 Å². The molecular weight excluding hydrogens is 288 g/mol. The van der Waals surface area contributed by atoms with E-state index in [0.29, 0.717) is 18.1 Å². The fourth-order valence-electron chi connectivity index (χ4n) is 3.02. The molecule has 0 saturated carbocycles. The average Bonchev–Trinajstić information content (AvgIpc) is 2.54. The van der Waals surface area contributed by atoms with Crippen LogP contribution >= 0.6 is 0 Å². The van der Waals surface area contributed by atoms with E-state index in [1.54, 1.807) is 13.1 Å². The van der Waals surface area contributed by atoms with Crippen LogP contribution in [0, 0.1) is 0 Å². The number of ether oxygens (including phenoxy) is 1. The van der Waals surface area contributed by atoms with E-state index in [2.05, 4.69) is 5.32 Å². The molecule has 2 aliphatic heterocycles. The number of nitrogens with one attached hydrogen (secondary N) is 1. The van der Waals surface area contributed by atoms with E-state index < -0.39 is 10.0 Å². The van der Waals surface area contributed by atoms with E-state index in [0.717, 1.165) is 43.5 Å². The molecule has 5 nitrogen and oxygen atoms in total. The first-order valence-corrected chi connectivity index (χ1v) is 8.95. The Bertz CT molecular complexity index is 609. The lowest BCUT2D eigenvalue weighted by molar-refractivity contribution is 0.0632. The molecule has 0 amide bonds. The lowest BCUT2D eigenvalue weighted by atomic mass is 10.0. The van der Waals surface area contributed by atoms with Crippen molar-refractivity contribution in [3.63, 3.8) is 0 Å². The first kappa shape index (κ1) is 14.8. The molecule has 1 aromatic rings. The third-order valence-electron chi connectivity index (χ3n) is 4.40. The summed E-state index contributed by atoms with van der Waals surface area (Å²) in [4.78, 5) is 0.402. The summed E-state index contributed by atoms with van der Waals surface area (Å²) in [7, 11) is -1.74. The van der Waals surface area contributed by atoms with Crippen molar-refractivity contribution in [3.05, 3.63) is 23.8 Å². The van der Waals surface area contributed by atoms with Crippen LogP contribution in [-0.4, -0.2) is 45.6 Å². The minimum absolute atomic E-state index is 0.0397. The zero-order valence-corrected chi connectivity index (χ0v) is 13.2. The van der Waals surface area contributed by atoms with E-state index in [9.17, 15) is 8.42 Å². The Hall–Kier alpha value is -1.11. The molecule has 21 heavy (non-hydrogen) atoms. The van der Waals surface area contributed by atoms with Gasteiger partial charge in [0, 0.05) is 38.5 Å². The molecule has 0 aliphatic carbocycles. The minimum atomic E-state index is -3.42. The van der Waals surface area contributed by atoms with Crippen molar-refractivity contribution < 1.29 is 13.2 Å². The topological polar surface area (TPSA) is 58.6 Å². The Morgan fingerprint density at radius 1 is 1.29 bits per heavy atom. The highest BCUT2D eigenvalue weighted by Gasteiger charge is 2.29. The van der Waals surface area contributed by atoms with Crippen molar-refractivity contribution in [2.24, 2.45) is 0 Å². The van der Waals surface area contributed by atoms with Gasteiger partial charge in [-0.25, -0.2) is 8.42 Å². The zero-order chi connectivity index (χ0) is 14.9. The zero-order valence-electron chi connectivity index (χ0n) is 12.3. The third-order valence-corrected chi connectivity index (χ3v) is 6.30. The predicted molar refractivity (Wildman–Crippen MR) is 82.0 cm³/mol. The van der Waals surface area contributed by atoms with Crippen molar-refractivity contribution in [1.82, 2.24) is 4.31 Å². The standard InChI is InChI=1S/C15H22N2O3S/c1-17(13-6-9-20-10-7-13)21(18,19)14-4-5-15-12(11-14)3-2-8-16-15/h4-5,11,13,16H,2-3,6-10H2,1H3. The highest BCUT2D eigenvalue weighted by Crippen LogP contribution is 2.28. The Balaban J connectivity index is 1.86. The van der Waals surface area contributed by atoms with Gasteiger partial charge in [-0.3, -0.25) is 0 Å². The SMILES string of the molecule is CN(C1CCOCC1)S(=O)(=O)c1ccc2c(c1)CCCN2. The summed E-state index contributed by atoms with van der Waals surface area (Å²) in [6.45, 7) is 2.23. The van der Waals surface area contributed by atoms with Crippen LogP contribution in [0.1, 0.15) is 24.8 Å². The molecular formula is C15H22N2O3S. The van der Waals surface area contributed by atoms with Gasteiger partial charge in [0.05, 0.1) is 4.90 Å². The number of rotatable bonds is 3. The second-order valence-electron chi connectivity index (χ2n) is 5.71. The number of hydrogen-bond acceptors (Lipinski definition) is 4. The van der Waals surface area contributed by atoms with Gasteiger partial charge in [0.1, 0.15) is 0 Å². The first-order chi connectivity index (χ1) is 10.1. The van der Waals surface area contributed by atoms with Gasteiger partial charge in [0.15, 0.2) is 0 Å². The number of sulfonamides is 1. The molecule has 1 fully saturated rings. The lowest BCUT2D eigenvalue weighted by Gasteiger charge is -2.30. The van der Waals surface area contributed by atoms with Crippen molar-refractivity contribution >= 4 is 15.7 Å². The molecule has 6 heteroatoms. The molecule has 1 N–H and O–H groups in total. The summed E-state index contributed by atoms with van der Waals surface area (Å²) in [5.74, 6) is 0. The van der Waals surface area contributed by atoms with Gasteiger partial charge in [0.2, 0.25) is 10.0 Å². The molecule has 0 spiro atoms. The Kier molecular flexibility index (Phi) is 4.19. The van der Waals surface area contributed by atoms with Crippen LogP contribution in [0.3, 0.4) is 0 Å². The van der Waals surface area contributed by atoms with Gasteiger partial charge >= 0.3 is 0 Å². The minimum Gasteiger partial charge on any atom is -0.385 e. The number of anilines is 1. The van der Waals surface area contributed by atoms with Crippen LogP contribution in [0.15, 0.2) is 23.1 Å². The number of hydrogen-bond donors (Lipinski definition) is 1. The molecule has 2 aliphatic rings. The number of aryl methyl sites for hydroxylation is 1. The molecule has 0 radical (unpaired) electrons. The molecule has 116 valence electrons. The Morgan fingerprint density at radius 3 is 2.81 bits per heavy atom. The molecule has 2 heterocycles. The lowest BCUT2D eigenvalue weighted by Crippen LogP contribution is -2.40. The van der Waals surface area contributed by atoms with Crippen LogP contribution in [-0.2, 0) is 21.2 Å². The number of fused-ring (bicyclic) bond motifs is 1. The number of nitrogens with zero attached hydrogens (tertiary/aromatic N) is 1. The molecule has 1 aromatic carbocycles. The van der Waals surface area contributed by atoms with Crippen LogP contribution in [0.5, 0.6) is 0 Å². The third kappa shape index (κ3) is 2.93. The van der Waals surface area contributed by atoms with Gasteiger partial charge in [-0.15, -0.1) is 0 Å². The van der Waals surface area contributed by atoms with Crippen LogP contribution in [0.2, 0.25) is 0 Å². The summed E-state index contributed by atoms with van der Waals surface area (Å²) in [5, 5.41) is 3.31. The summed E-state index contributed by atoms with van der Waals surface area (Å²) in [5.41, 5.74) is 2.16. The largest absolute Gasteiger partial charge is 0.385 e. The normalized spacial score (nSPS) is 20.1. The van der Waals surface area contributed by atoms with E-state index in [1.165, 1.54) is 4.31 Å². The van der Waals surface area contributed by atoms with Crippen LogP contribution in [0.4, 0.5) is 5.69 Å². The fraction of sp³-hybridized carbons (Fsp3) is 0.600. The summed E-state index contributed by atoms with van der Waals surface area (Å²) in [6.07, 6.45) is 3.52. The van der Waals surface area contributed by atoms with Crippen molar-refractivity contribution in [2.75, 3.05) is 32.1 Å². The van der Waals surface area contributed by atoms with Crippen molar-refractivity contribution in [2.45, 2.75) is 36.6 Å². The molecule has 0 bridgehead atoms. The molecule has 0 unspecified atom stereocenters. The molecule has 3 rings (SSSR count). The van der Waals surface area contributed by atoms with E-state index in [4.69, 9.17) is 4.74 Å². The van der Waals surface area contributed by atoms with Gasteiger partial charge in [-0.2, -0.15) is 4.31 Å². The van der Waals surface area contributed by atoms with Crippen molar-refractivity contribution in [3.8, 4) is 0 Å². The summed E-state index contributed by atoms with van der Waals surface area (Å²) >= 11 is 0. The monoisotopic (exact) mass is 310 g/mol. The maximum Gasteiger partial charge on any atom is 0.243 e. The van der Waals surface area contributed by atoms with Gasteiger partial charge < -0.3 is 10.1 Å². The van der Waals surface area contributed by atoms with Crippen LogP contribution < -0.4 is 5.32 Å². The molecule has 0 atom stereocenters. The van der Waals surface area contributed by atoms with E-state index >= 15 is 0 Å². The summed E-state index contributed by atoms with van der Waals surface area (Å²) in [6, 6.07) is 5.46. The van der Waals surface area contributed by atoms with Gasteiger partial charge in [0.25, 0.3) is 0 Å². The maximum absolute atomic E-state index is 12.8. The maximum atomic E-state index is 12.8. The van der Waals surface area contributed by atoms with Gasteiger partial charge in [-0.1, -0.05) is 0 Å². The second kappa shape index (κ2) is 5.94. The van der Waals surface area contributed by atoms with Crippen molar-refractivity contribution in [1.29, 1.82) is 0 Å². The highest BCUT2D eigenvalue weighted by molar-refractivity contribution is 7.89. The van der Waals surface area contributed by atoms with Gasteiger partial charge in [-0.05, 0) is 49.4 Å². The fourth-order valence-corrected chi connectivity index (χ4v) is 4.49. The van der Waals surface area contributed by atoms with E-state index in [1.807, 2.05) is 12.1 Å². The smallest absolute Gasteiger partial charge is 0.243 e. The highest BCUT2D eigenvalue weighted by atomic mass is 32.2. The predicted octanol–water partition coefficient (Wildman–Crippen LogP) is 1.84.